The van der Waals surface area contributed by atoms with Crippen molar-refractivity contribution in [2.75, 3.05) is 0 Å². The van der Waals surface area contributed by atoms with E-state index in [1.807, 2.05) is 6.92 Å². The lowest BCUT2D eigenvalue weighted by Crippen LogP contribution is -2.33. The summed E-state index contributed by atoms with van der Waals surface area (Å²) in [4.78, 5) is 0. The Hall–Kier alpha value is -0.480. The van der Waals surface area contributed by atoms with Crippen LogP contribution in [0.25, 0.3) is 0 Å². The largest absolute Gasteiger partial charge is 0.390 e. The summed E-state index contributed by atoms with van der Waals surface area (Å²) in [6.07, 6.45) is 7.35. The first-order valence-corrected chi connectivity index (χ1v) is 5.82. The molecule has 1 aliphatic carbocycles. The van der Waals surface area contributed by atoms with E-state index < -0.39 is 5.60 Å². The van der Waals surface area contributed by atoms with Gasteiger partial charge < -0.3 is 5.11 Å². The molecule has 0 amide bonds. The van der Waals surface area contributed by atoms with Gasteiger partial charge in [-0.15, -0.1) is 11.8 Å². The lowest BCUT2D eigenvalue weighted by molar-refractivity contribution is -0.0156. The summed E-state index contributed by atoms with van der Waals surface area (Å²) in [6.45, 7) is 4.11. The minimum atomic E-state index is -0.393. The molecular weight excluding hydrogens is 172 g/mol. The predicted octanol–water partition coefficient (Wildman–Crippen LogP) is 3.12. The third-order valence-corrected chi connectivity index (χ3v) is 3.51. The molecule has 1 rings (SSSR count). The van der Waals surface area contributed by atoms with Gasteiger partial charge in [-0.25, -0.2) is 0 Å². The molecule has 0 aromatic carbocycles. The molecule has 14 heavy (non-hydrogen) atoms. The average Bonchev–Trinajstić information content (AvgIpc) is 2.19. The highest BCUT2D eigenvalue weighted by atomic mass is 16.3. The van der Waals surface area contributed by atoms with Crippen molar-refractivity contribution in [1.82, 2.24) is 0 Å². The van der Waals surface area contributed by atoms with Crippen molar-refractivity contribution in [3.05, 3.63) is 0 Å². The first-order valence-electron chi connectivity index (χ1n) is 5.82. The molecule has 0 radical (unpaired) electrons. The van der Waals surface area contributed by atoms with Crippen LogP contribution < -0.4 is 0 Å². The fourth-order valence-corrected chi connectivity index (χ4v) is 2.29. The minimum absolute atomic E-state index is 0.393. The summed E-state index contributed by atoms with van der Waals surface area (Å²) in [6, 6.07) is 0. The molecule has 0 atom stereocenters. The van der Waals surface area contributed by atoms with Crippen LogP contribution >= 0.6 is 0 Å². The smallest absolute Gasteiger partial charge is 0.0657 e. The quantitative estimate of drug-likeness (QED) is 0.684. The van der Waals surface area contributed by atoms with E-state index >= 15 is 0 Å². The van der Waals surface area contributed by atoms with E-state index in [-0.39, 0.29) is 0 Å². The van der Waals surface area contributed by atoms with Crippen LogP contribution in [0.4, 0.5) is 0 Å². The maximum atomic E-state index is 10.2. The Balaban J connectivity index is 2.32. The Labute approximate surface area is 87.9 Å². The van der Waals surface area contributed by atoms with Crippen LogP contribution in [0, 0.1) is 17.8 Å². The van der Waals surface area contributed by atoms with Crippen LogP contribution in [-0.4, -0.2) is 10.7 Å². The predicted molar refractivity (Wildman–Crippen MR) is 59.9 cm³/mol. The summed E-state index contributed by atoms with van der Waals surface area (Å²) < 4.78 is 0. The van der Waals surface area contributed by atoms with Gasteiger partial charge in [0, 0.05) is 6.42 Å². The number of hydrogen-bond donors (Lipinski definition) is 1. The van der Waals surface area contributed by atoms with Gasteiger partial charge in [-0.2, -0.15) is 0 Å². The summed E-state index contributed by atoms with van der Waals surface area (Å²) in [5.74, 6) is 6.77. The van der Waals surface area contributed by atoms with Crippen LogP contribution in [0.15, 0.2) is 0 Å². The van der Waals surface area contributed by atoms with Crippen LogP contribution in [0.3, 0.4) is 0 Å². The topological polar surface area (TPSA) is 20.2 Å². The summed E-state index contributed by atoms with van der Waals surface area (Å²) >= 11 is 0. The number of aliphatic hydroxyl groups is 1. The van der Waals surface area contributed by atoms with Crippen LogP contribution in [0.2, 0.25) is 0 Å². The van der Waals surface area contributed by atoms with E-state index in [1.54, 1.807) is 0 Å². The fraction of sp³-hybridized carbons (Fsp3) is 0.846. The Morgan fingerprint density at radius 1 is 1.36 bits per heavy atom. The van der Waals surface area contributed by atoms with Crippen molar-refractivity contribution in [3.8, 4) is 11.8 Å². The highest BCUT2D eigenvalue weighted by Crippen LogP contribution is 2.36. The highest BCUT2D eigenvalue weighted by Gasteiger charge is 2.31. The molecule has 0 unspecified atom stereocenters. The second-order valence-corrected chi connectivity index (χ2v) is 4.50. The van der Waals surface area contributed by atoms with Crippen molar-refractivity contribution >= 4 is 0 Å². The zero-order valence-corrected chi connectivity index (χ0v) is 9.47. The van der Waals surface area contributed by atoms with Crippen molar-refractivity contribution in [3.63, 3.8) is 0 Å². The summed E-state index contributed by atoms with van der Waals surface area (Å²) in [7, 11) is 0. The van der Waals surface area contributed by atoms with Crippen molar-refractivity contribution in [2.24, 2.45) is 5.92 Å². The molecule has 0 saturated heterocycles. The molecule has 0 aromatic heterocycles. The second kappa shape index (κ2) is 5.41. The van der Waals surface area contributed by atoms with Gasteiger partial charge in [-0.3, -0.25) is 0 Å². The maximum absolute atomic E-state index is 10.2. The monoisotopic (exact) mass is 194 g/mol. The van der Waals surface area contributed by atoms with E-state index in [4.69, 9.17) is 0 Å². The molecule has 1 saturated carbocycles. The maximum Gasteiger partial charge on any atom is 0.0657 e. The van der Waals surface area contributed by atoms with Gasteiger partial charge in [0.05, 0.1) is 5.60 Å². The Morgan fingerprint density at radius 2 is 2.00 bits per heavy atom. The second-order valence-electron chi connectivity index (χ2n) is 4.50. The van der Waals surface area contributed by atoms with Crippen molar-refractivity contribution in [1.29, 1.82) is 0 Å². The number of rotatable bonds is 3. The van der Waals surface area contributed by atoms with E-state index in [0.29, 0.717) is 0 Å². The zero-order valence-electron chi connectivity index (χ0n) is 9.47. The molecule has 0 aliphatic heterocycles. The Kier molecular flexibility index (Phi) is 4.48. The van der Waals surface area contributed by atoms with Crippen molar-refractivity contribution in [2.45, 2.75) is 64.4 Å². The average molecular weight is 194 g/mol. The number of hydrogen-bond acceptors (Lipinski definition) is 1. The van der Waals surface area contributed by atoms with Crippen LogP contribution in [0.5, 0.6) is 0 Å². The van der Waals surface area contributed by atoms with E-state index in [1.165, 1.54) is 19.3 Å². The van der Waals surface area contributed by atoms with Gasteiger partial charge in [-0.05, 0) is 44.9 Å². The molecule has 0 spiro atoms. The fourth-order valence-electron chi connectivity index (χ4n) is 2.29. The molecule has 1 heteroatoms. The van der Waals surface area contributed by atoms with Gasteiger partial charge >= 0.3 is 0 Å². The van der Waals surface area contributed by atoms with Gasteiger partial charge in [0.2, 0.25) is 0 Å². The molecular formula is C13H22O. The molecule has 80 valence electrons. The SMILES string of the molecule is CC#CCCC1(O)CCC(CC)CC1. The standard InChI is InChI=1S/C13H22O/c1-3-5-6-9-13(14)10-7-12(4-2)8-11-13/h12,14H,4,6-11H2,1-2H3. The third-order valence-electron chi connectivity index (χ3n) is 3.51. The van der Waals surface area contributed by atoms with Gasteiger partial charge in [-0.1, -0.05) is 13.3 Å². The van der Waals surface area contributed by atoms with Crippen LogP contribution in [0.1, 0.15) is 58.8 Å². The molecule has 0 bridgehead atoms. The van der Waals surface area contributed by atoms with Gasteiger partial charge in [0.1, 0.15) is 0 Å². The van der Waals surface area contributed by atoms with Gasteiger partial charge in [0.15, 0.2) is 0 Å². The van der Waals surface area contributed by atoms with Crippen LogP contribution in [-0.2, 0) is 0 Å². The van der Waals surface area contributed by atoms with E-state index in [0.717, 1.165) is 31.6 Å². The Bertz CT molecular complexity index is 213. The van der Waals surface area contributed by atoms with E-state index in [9.17, 15) is 5.11 Å². The third kappa shape index (κ3) is 3.35. The van der Waals surface area contributed by atoms with E-state index in [2.05, 4.69) is 18.8 Å². The molecule has 1 aliphatic rings. The molecule has 1 fully saturated rings. The van der Waals surface area contributed by atoms with Crippen molar-refractivity contribution < 1.29 is 5.11 Å². The lowest BCUT2D eigenvalue weighted by Gasteiger charge is -2.35. The lowest BCUT2D eigenvalue weighted by atomic mass is 9.76. The normalized spacial score (nSPS) is 32.1. The first-order chi connectivity index (χ1) is 6.70. The molecule has 1 N–H and O–H groups in total. The Morgan fingerprint density at radius 3 is 2.50 bits per heavy atom. The molecule has 1 nitrogen and oxygen atoms in total. The zero-order chi connectivity index (χ0) is 10.4. The minimum Gasteiger partial charge on any atom is -0.390 e. The van der Waals surface area contributed by atoms with Gasteiger partial charge in [0.25, 0.3) is 0 Å². The molecule has 0 heterocycles. The summed E-state index contributed by atoms with van der Waals surface area (Å²) in [5.41, 5.74) is -0.393. The molecule has 0 aromatic rings. The summed E-state index contributed by atoms with van der Waals surface area (Å²) in [5, 5.41) is 10.2. The first kappa shape index (κ1) is 11.6. The highest BCUT2D eigenvalue weighted by molar-refractivity contribution is 4.97.